The molecule has 0 aliphatic heterocycles. The number of aromatic nitrogens is 1. The second kappa shape index (κ2) is 6.37. The standard InChI is InChI=1S/C17H21NO/c1-13(2)16-6-8-17(9-7-16)19-11-10-15-5-4-14(3)18-12-15/h4-9,12-13H,10-11H2,1-3H3. The minimum atomic E-state index is 0.563. The molecule has 0 spiro atoms. The van der Waals surface area contributed by atoms with Gasteiger partial charge in [-0.15, -0.1) is 0 Å². The molecule has 0 saturated heterocycles. The van der Waals surface area contributed by atoms with Crippen molar-refractivity contribution in [1.29, 1.82) is 0 Å². The second-order valence-corrected chi connectivity index (χ2v) is 5.13. The average molecular weight is 255 g/mol. The highest BCUT2D eigenvalue weighted by atomic mass is 16.5. The Bertz CT molecular complexity index is 500. The van der Waals surface area contributed by atoms with Crippen molar-refractivity contribution in [3.63, 3.8) is 0 Å². The average Bonchev–Trinajstić information content (AvgIpc) is 2.41. The molecule has 0 atom stereocenters. The molecule has 19 heavy (non-hydrogen) atoms. The number of benzene rings is 1. The fourth-order valence-electron chi connectivity index (χ4n) is 1.88. The molecule has 0 aliphatic carbocycles. The van der Waals surface area contributed by atoms with Crippen LogP contribution in [0.5, 0.6) is 5.75 Å². The number of ether oxygens (including phenoxy) is 1. The van der Waals surface area contributed by atoms with Crippen molar-refractivity contribution in [3.8, 4) is 5.75 Å². The van der Waals surface area contributed by atoms with Gasteiger partial charge in [0.1, 0.15) is 5.75 Å². The molecule has 0 radical (unpaired) electrons. The molecule has 100 valence electrons. The van der Waals surface area contributed by atoms with E-state index in [2.05, 4.69) is 37.0 Å². The highest BCUT2D eigenvalue weighted by Gasteiger charge is 2.00. The van der Waals surface area contributed by atoms with Crippen molar-refractivity contribution < 1.29 is 4.74 Å². The van der Waals surface area contributed by atoms with E-state index in [0.717, 1.165) is 17.9 Å². The van der Waals surface area contributed by atoms with E-state index >= 15 is 0 Å². The lowest BCUT2D eigenvalue weighted by atomic mass is 10.0. The van der Waals surface area contributed by atoms with E-state index in [1.807, 2.05) is 31.3 Å². The zero-order chi connectivity index (χ0) is 13.7. The Morgan fingerprint density at radius 3 is 2.37 bits per heavy atom. The monoisotopic (exact) mass is 255 g/mol. The summed E-state index contributed by atoms with van der Waals surface area (Å²) in [7, 11) is 0. The van der Waals surface area contributed by atoms with Gasteiger partial charge in [-0.25, -0.2) is 0 Å². The van der Waals surface area contributed by atoms with E-state index in [1.165, 1.54) is 11.1 Å². The van der Waals surface area contributed by atoms with Crippen LogP contribution < -0.4 is 4.74 Å². The molecule has 2 aromatic rings. The summed E-state index contributed by atoms with van der Waals surface area (Å²) in [5, 5.41) is 0. The molecular formula is C17H21NO. The fourth-order valence-corrected chi connectivity index (χ4v) is 1.88. The van der Waals surface area contributed by atoms with E-state index in [-0.39, 0.29) is 0 Å². The van der Waals surface area contributed by atoms with Crippen molar-refractivity contribution in [3.05, 3.63) is 59.4 Å². The first-order chi connectivity index (χ1) is 9.15. The van der Waals surface area contributed by atoms with Gasteiger partial charge < -0.3 is 4.74 Å². The molecule has 1 aromatic heterocycles. The van der Waals surface area contributed by atoms with Gasteiger partial charge >= 0.3 is 0 Å². The molecule has 0 N–H and O–H groups in total. The van der Waals surface area contributed by atoms with Gasteiger partial charge in [-0.05, 0) is 42.2 Å². The molecule has 2 nitrogen and oxygen atoms in total. The Labute approximate surface area is 115 Å². The molecule has 0 amide bonds. The van der Waals surface area contributed by atoms with Crippen LogP contribution in [0.1, 0.15) is 36.6 Å². The van der Waals surface area contributed by atoms with Crippen LogP contribution in [0, 0.1) is 6.92 Å². The van der Waals surface area contributed by atoms with Gasteiger partial charge in [-0.2, -0.15) is 0 Å². The first kappa shape index (κ1) is 13.6. The maximum absolute atomic E-state index is 5.75. The molecule has 0 unspecified atom stereocenters. The van der Waals surface area contributed by atoms with Gasteiger partial charge in [0.25, 0.3) is 0 Å². The van der Waals surface area contributed by atoms with Crippen molar-refractivity contribution in [1.82, 2.24) is 4.98 Å². The zero-order valence-electron chi connectivity index (χ0n) is 11.9. The van der Waals surface area contributed by atoms with Gasteiger partial charge in [0.2, 0.25) is 0 Å². The zero-order valence-corrected chi connectivity index (χ0v) is 11.9. The van der Waals surface area contributed by atoms with Crippen LogP contribution >= 0.6 is 0 Å². The molecule has 2 rings (SSSR count). The summed E-state index contributed by atoms with van der Waals surface area (Å²) in [6.07, 6.45) is 2.81. The number of hydrogen-bond donors (Lipinski definition) is 0. The maximum Gasteiger partial charge on any atom is 0.119 e. The van der Waals surface area contributed by atoms with Gasteiger partial charge in [0.05, 0.1) is 6.61 Å². The predicted octanol–water partition coefficient (Wildman–Crippen LogP) is 4.13. The fraction of sp³-hybridized carbons (Fsp3) is 0.353. The van der Waals surface area contributed by atoms with E-state index in [9.17, 15) is 0 Å². The lowest BCUT2D eigenvalue weighted by Crippen LogP contribution is -2.02. The van der Waals surface area contributed by atoms with Crippen molar-refractivity contribution in [2.45, 2.75) is 33.1 Å². The first-order valence-corrected chi connectivity index (χ1v) is 6.79. The van der Waals surface area contributed by atoms with Crippen LogP contribution in [0.2, 0.25) is 0 Å². The number of rotatable bonds is 5. The lowest BCUT2D eigenvalue weighted by molar-refractivity contribution is 0.321. The number of nitrogens with zero attached hydrogens (tertiary/aromatic N) is 1. The summed E-state index contributed by atoms with van der Waals surface area (Å²) >= 11 is 0. The Balaban J connectivity index is 1.83. The van der Waals surface area contributed by atoms with Crippen molar-refractivity contribution >= 4 is 0 Å². The second-order valence-electron chi connectivity index (χ2n) is 5.13. The maximum atomic E-state index is 5.75. The molecule has 2 heteroatoms. The number of pyridine rings is 1. The van der Waals surface area contributed by atoms with Crippen molar-refractivity contribution in [2.24, 2.45) is 0 Å². The topological polar surface area (TPSA) is 22.1 Å². The van der Waals surface area contributed by atoms with Crippen LogP contribution in [0.3, 0.4) is 0 Å². The Hall–Kier alpha value is -1.83. The summed E-state index contributed by atoms with van der Waals surface area (Å²) in [4.78, 5) is 4.28. The highest BCUT2D eigenvalue weighted by molar-refractivity contribution is 5.29. The molecule has 0 fully saturated rings. The summed E-state index contributed by atoms with van der Waals surface area (Å²) in [6, 6.07) is 12.5. The Morgan fingerprint density at radius 1 is 1.05 bits per heavy atom. The first-order valence-electron chi connectivity index (χ1n) is 6.79. The van der Waals surface area contributed by atoms with Crippen LogP contribution in [0.15, 0.2) is 42.6 Å². The van der Waals surface area contributed by atoms with Gasteiger partial charge in [-0.3, -0.25) is 4.98 Å². The van der Waals surface area contributed by atoms with Crippen LogP contribution in [0.4, 0.5) is 0 Å². The smallest absolute Gasteiger partial charge is 0.119 e. The van der Waals surface area contributed by atoms with E-state index < -0.39 is 0 Å². The normalized spacial score (nSPS) is 10.7. The van der Waals surface area contributed by atoms with Crippen LogP contribution in [-0.4, -0.2) is 11.6 Å². The van der Waals surface area contributed by atoms with Gasteiger partial charge in [0.15, 0.2) is 0 Å². The summed E-state index contributed by atoms with van der Waals surface area (Å²) in [6.45, 7) is 7.07. The third kappa shape index (κ3) is 4.09. The van der Waals surface area contributed by atoms with E-state index in [4.69, 9.17) is 4.74 Å². The lowest BCUT2D eigenvalue weighted by Gasteiger charge is -2.09. The minimum Gasteiger partial charge on any atom is -0.493 e. The SMILES string of the molecule is Cc1ccc(CCOc2ccc(C(C)C)cc2)cn1. The van der Waals surface area contributed by atoms with E-state index in [0.29, 0.717) is 12.5 Å². The third-order valence-corrected chi connectivity index (χ3v) is 3.18. The Morgan fingerprint density at radius 2 is 1.79 bits per heavy atom. The molecule has 1 aromatic carbocycles. The quantitative estimate of drug-likeness (QED) is 0.801. The van der Waals surface area contributed by atoms with Gasteiger partial charge in [-0.1, -0.05) is 32.0 Å². The molecular weight excluding hydrogens is 234 g/mol. The number of hydrogen-bond acceptors (Lipinski definition) is 2. The minimum absolute atomic E-state index is 0.563. The van der Waals surface area contributed by atoms with Crippen molar-refractivity contribution in [2.75, 3.05) is 6.61 Å². The van der Waals surface area contributed by atoms with Crippen LogP contribution in [-0.2, 0) is 6.42 Å². The van der Waals surface area contributed by atoms with Crippen LogP contribution in [0.25, 0.3) is 0 Å². The summed E-state index contributed by atoms with van der Waals surface area (Å²) in [5.41, 5.74) is 3.61. The summed E-state index contributed by atoms with van der Waals surface area (Å²) in [5.74, 6) is 1.50. The third-order valence-electron chi connectivity index (χ3n) is 3.18. The van der Waals surface area contributed by atoms with E-state index in [1.54, 1.807) is 0 Å². The molecule has 0 bridgehead atoms. The molecule has 1 heterocycles. The summed E-state index contributed by atoms with van der Waals surface area (Å²) < 4.78 is 5.75. The Kier molecular flexibility index (Phi) is 4.56. The molecule has 0 saturated carbocycles. The van der Waals surface area contributed by atoms with Gasteiger partial charge in [0, 0.05) is 18.3 Å². The number of aryl methyl sites for hydroxylation is 1. The highest BCUT2D eigenvalue weighted by Crippen LogP contribution is 2.18. The predicted molar refractivity (Wildman–Crippen MR) is 78.7 cm³/mol. The molecule has 0 aliphatic rings. The largest absolute Gasteiger partial charge is 0.493 e.